The van der Waals surface area contributed by atoms with Gasteiger partial charge in [-0.3, -0.25) is 10.1 Å². The number of hydrogen-bond acceptors (Lipinski definition) is 5. The fourth-order valence-electron chi connectivity index (χ4n) is 3.09. The van der Waals surface area contributed by atoms with Gasteiger partial charge in [0.25, 0.3) is 5.91 Å². The van der Waals surface area contributed by atoms with Crippen LogP contribution in [-0.2, 0) is 16.4 Å². The SMILES string of the molecule is CC(C)NS(=O)(=O)c1ccc(NC(=S)NC(=O)c2cccc(OCCc3ccccc3)c2)cc1. The second kappa shape index (κ2) is 11.7. The van der Waals surface area contributed by atoms with Gasteiger partial charge in [0.2, 0.25) is 10.0 Å². The number of rotatable bonds is 9. The number of sulfonamides is 1. The number of hydrogen-bond donors (Lipinski definition) is 3. The van der Waals surface area contributed by atoms with Crippen LogP contribution in [0.5, 0.6) is 5.75 Å². The lowest BCUT2D eigenvalue weighted by molar-refractivity contribution is 0.0977. The van der Waals surface area contributed by atoms with Crippen molar-refractivity contribution in [3.8, 4) is 5.75 Å². The molecule has 0 spiro atoms. The highest BCUT2D eigenvalue weighted by Crippen LogP contribution is 2.16. The molecular formula is C25H27N3O4S2. The van der Waals surface area contributed by atoms with Crippen LogP contribution in [0, 0.1) is 0 Å². The highest BCUT2D eigenvalue weighted by molar-refractivity contribution is 7.89. The summed E-state index contributed by atoms with van der Waals surface area (Å²) in [6, 6.07) is 22.8. The van der Waals surface area contributed by atoms with Crippen LogP contribution in [-0.4, -0.2) is 32.1 Å². The molecule has 0 heterocycles. The number of ether oxygens (including phenoxy) is 1. The maximum absolute atomic E-state index is 12.6. The molecular weight excluding hydrogens is 470 g/mol. The van der Waals surface area contributed by atoms with E-state index in [9.17, 15) is 13.2 Å². The maximum Gasteiger partial charge on any atom is 0.257 e. The van der Waals surface area contributed by atoms with Gasteiger partial charge in [0, 0.05) is 23.7 Å². The summed E-state index contributed by atoms with van der Waals surface area (Å²) >= 11 is 5.23. The van der Waals surface area contributed by atoms with Gasteiger partial charge >= 0.3 is 0 Å². The van der Waals surface area contributed by atoms with E-state index in [4.69, 9.17) is 17.0 Å². The molecule has 7 nitrogen and oxygen atoms in total. The Kier molecular flexibility index (Phi) is 8.75. The molecule has 178 valence electrons. The summed E-state index contributed by atoms with van der Waals surface area (Å²) in [5.41, 5.74) is 2.13. The molecule has 0 atom stereocenters. The quantitative estimate of drug-likeness (QED) is 0.385. The lowest BCUT2D eigenvalue weighted by Crippen LogP contribution is -2.34. The van der Waals surface area contributed by atoms with Crippen molar-refractivity contribution >= 4 is 38.9 Å². The molecule has 34 heavy (non-hydrogen) atoms. The van der Waals surface area contributed by atoms with Crippen molar-refractivity contribution in [2.24, 2.45) is 0 Å². The zero-order valence-electron chi connectivity index (χ0n) is 18.9. The van der Waals surface area contributed by atoms with Crippen molar-refractivity contribution in [3.05, 3.63) is 90.0 Å². The molecule has 3 rings (SSSR count). The molecule has 0 fully saturated rings. The number of nitrogens with one attached hydrogen (secondary N) is 3. The van der Waals surface area contributed by atoms with E-state index >= 15 is 0 Å². The Morgan fingerprint density at radius 2 is 1.68 bits per heavy atom. The molecule has 0 radical (unpaired) electrons. The van der Waals surface area contributed by atoms with Gasteiger partial charge in [-0.1, -0.05) is 36.4 Å². The second-order valence-corrected chi connectivity index (χ2v) is 9.94. The largest absolute Gasteiger partial charge is 0.493 e. The molecule has 0 aromatic heterocycles. The molecule has 3 aromatic carbocycles. The summed E-state index contributed by atoms with van der Waals surface area (Å²) in [7, 11) is -3.58. The molecule has 0 aliphatic carbocycles. The van der Waals surface area contributed by atoms with Crippen molar-refractivity contribution < 1.29 is 17.9 Å². The van der Waals surface area contributed by atoms with Crippen molar-refractivity contribution in [2.75, 3.05) is 11.9 Å². The van der Waals surface area contributed by atoms with Crippen LogP contribution in [0.15, 0.2) is 83.8 Å². The van der Waals surface area contributed by atoms with Gasteiger partial charge in [0.05, 0.1) is 11.5 Å². The van der Waals surface area contributed by atoms with Crippen molar-refractivity contribution in [2.45, 2.75) is 31.2 Å². The Balaban J connectivity index is 1.53. The standard InChI is InChI=1S/C25H27N3O4S2/c1-18(2)28-34(30,31)23-13-11-21(12-14-23)26-25(33)27-24(29)20-9-6-10-22(17-20)32-16-15-19-7-4-3-5-8-19/h3-14,17-18,28H,15-16H2,1-2H3,(H2,26,27,29,33). The third kappa shape index (κ3) is 7.65. The second-order valence-electron chi connectivity index (χ2n) is 7.82. The minimum Gasteiger partial charge on any atom is -0.493 e. The fraction of sp³-hybridized carbons (Fsp3) is 0.200. The number of thiocarbonyl (C=S) groups is 1. The maximum atomic E-state index is 12.6. The van der Waals surface area contributed by atoms with Crippen LogP contribution in [0.3, 0.4) is 0 Å². The average Bonchev–Trinajstić information content (AvgIpc) is 2.79. The predicted molar refractivity (Wildman–Crippen MR) is 138 cm³/mol. The molecule has 0 unspecified atom stereocenters. The lowest BCUT2D eigenvalue weighted by atomic mass is 10.2. The van der Waals surface area contributed by atoms with E-state index in [-0.39, 0.29) is 22.0 Å². The van der Waals surface area contributed by atoms with Gasteiger partial charge in [-0.05, 0) is 74.1 Å². The van der Waals surface area contributed by atoms with Crippen molar-refractivity contribution in [1.82, 2.24) is 10.0 Å². The number of carbonyl (C=O) groups excluding carboxylic acids is 1. The molecule has 0 saturated carbocycles. The van der Waals surface area contributed by atoms with E-state index in [1.807, 2.05) is 30.3 Å². The van der Waals surface area contributed by atoms with E-state index in [2.05, 4.69) is 15.4 Å². The summed E-state index contributed by atoms with van der Waals surface area (Å²) in [5, 5.41) is 5.60. The summed E-state index contributed by atoms with van der Waals surface area (Å²) in [6.07, 6.45) is 0.763. The van der Waals surface area contributed by atoms with E-state index in [1.54, 1.807) is 50.2 Å². The van der Waals surface area contributed by atoms with Crippen LogP contribution >= 0.6 is 12.2 Å². The van der Waals surface area contributed by atoms with Gasteiger partial charge < -0.3 is 10.1 Å². The molecule has 9 heteroatoms. The van der Waals surface area contributed by atoms with Crippen molar-refractivity contribution in [1.29, 1.82) is 0 Å². The zero-order chi connectivity index (χ0) is 24.6. The predicted octanol–water partition coefficient (Wildman–Crippen LogP) is 4.12. The summed E-state index contributed by atoms with van der Waals surface area (Å²) in [6.45, 7) is 4.00. The highest BCUT2D eigenvalue weighted by Gasteiger charge is 2.15. The Bertz CT molecular complexity index is 1230. The number of anilines is 1. The molecule has 3 N–H and O–H groups in total. The summed E-state index contributed by atoms with van der Waals surface area (Å²) < 4.78 is 32.7. The van der Waals surface area contributed by atoms with Crippen LogP contribution in [0.2, 0.25) is 0 Å². The van der Waals surface area contributed by atoms with Crippen LogP contribution < -0.4 is 20.1 Å². The van der Waals surface area contributed by atoms with E-state index in [0.717, 1.165) is 6.42 Å². The molecule has 0 aliphatic heterocycles. The van der Waals surface area contributed by atoms with Gasteiger partial charge in [-0.15, -0.1) is 0 Å². The molecule has 0 saturated heterocycles. The van der Waals surface area contributed by atoms with Crippen molar-refractivity contribution in [3.63, 3.8) is 0 Å². The fourth-order valence-corrected chi connectivity index (χ4v) is 4.55. The number of amides is 1. The van der Waals surface area contributed by atoms with Crippen LogP contribution in [0.4, 0.5) is 5.69 Å². The van der Waals surface area contributed by atoms with Crippen LogP contribution in [0.25, 0.3) is 0 Å². The Morgan fingerprint density at radius 3 is 2.35 bits per heavy atom. The number of carbonyl (C=O) groups is 1. The molecule has 0 aliphatic rings. The normalized spacial score (nSPS) is 11.1. The minimum atomic E-state index is -3.58. The third-order valence-corrected chi connectivity index (χ3v) is 6.52. The van der Waals surface area contributed by atoms with Gasteiger partial charge in [0.15, 0.2) is 5.11 Å². The monoisotopic (exact) mass is 497 g/mol. The summed E-state index contributed by atoms with van der Waals surface area (Å²) in [5.74, 6) is 0.209. The van der Waals surface area contributed by atoms with Crippen LogP contribution in [0.1, 0.15) is 29.8 Å². The lowest BCUT2D eigenvalue weighted by Gasteiger charge is -2.12. The topological polar surface area (TPSA) is 96.5 Å². The van der Waals surface area contributed by atoms with Gasteiger partial charge in [-0.2, -0.15) is 0 Å². The first-order valence-corrected chi connectivity index (χ1v) is 12.6. The highest BCUT2D eigenvalue weighted by atomic mass is 32.2. The Labute approximate surface area is 205 Å². The zero-order valence-corrected chi connectivity index (χ0v) is 20.6. The average molecular weight is 498 g/mol. The molecule has 1 amide bonds. The van der Waals surface area contributed by atoms with E-state index in [0.29, 0.717) is 23.6 Å². The first-order valence-electron chi connectivity index (χ1n) is 10.7. The molecule has 0 bridgehead atoms. The minimum absolute atomic E-state index is 0.0938. The van der Waals surface area contributed by atoms with Gasteiger partial charge in [0.1, 0.15) is 5.75 Å². The van der Waals surface area contributed by atoms with Gasteiger partial charge in [-0.25, -0.2) is 13.1 Å². The summed E-state index contributed by atoms with van der Waals surface area (Å²) in [4.78, 5) is 12.7. The van der Waals surface area contributed by atoms with E-state index in [1.165, 1.54) is 17.7 Å². The first kappa shape index (κ1) is 25.4. The Morgan fingerprint density at radius 1 is 0.971 bits per heavy atom. The first-order chi connectivity index (χ1) is 16.2. The number of benzene rings is 3. The Hall–Kier alpha value is -3.27. The van der Waals surface area contributed by atoms with E-state index < -0.39 is 10.0 Å². The smallest absolute Gasteiger partial charge is 0.257 e. The molecule has 3 aromatic rings. The third-order valence-electron chi connectivity index (χ3n) is 4.64.